The number of nitrogens with zero attached hydrogens (tertiary/aromatic N) is 1. The minimum absolute atomic E-state index is 0.354. The number of halogens is 1. The molecule has 14 heavy (non-hydrogen) atoms. The molecule has 0 saturated carbocycles. The quantitative estimate of drug-likeness (QED) is 0.723. The van der Waals surface area contributed by atoms with E-state index in [1.807, 2.05) is 13.0 Å². The van der Waals surface area contributed by atoms with Crippen LogP contribution in [-0.2, 0) is 6.42 Å². The van der Waals surface area contributed by atoms with Gasteiger partial charge in [0, 0.05) is 11.1 Å². The van der Waals surface area contributed by atoms with Crippen LogP contribution in [0.15, 0.2) is 6.07 Å². The van der Waals surface area contributed by atoms with Gasteiger partial charge in [0.2, 0.25) is 0 Å². The van der Waals surface area contributed by atoms with E-state index in [9.17, 15) is 4.39 Å². The second-order valence-corrected chi connectivity index (χ2v) is 3.01. The lowest BCUT2D eigenvalue weighted by Gasteiger charge is -2.12. The molecule has 2 nitrogen and oxygen atoms in total. The highest BCUT2D eigenvalue weighted by atomic mass is 19.1. The Bertz CT molecular complexity index is 393. The highest BCUT2D eigenvalue weighted by Crippen LogP contribution is 2.29. The molecule has 0 bridgehead atoms. The van der Waals surface area contributed by atoms with Crippen LogP contribution in [-0.4, -0.2) is 7.11 Å². The van der Waals surface area contributed by atoms with Crippen LogP contribution in [0.4, 0.5) is 4.39 Å². The van der Waals surface area contributed by atoms with E-state index >= 15 is 0 Å². The van der Waals surface area contributed by atoms with Crippen molar-refractivity contribution in [2.45, 2.75) is 20.3 Å². The molecule has 0 saturated heterocycles. The average molecular weight is 193 g/mol. The predicted octanol–water partition coefficient (Wildman–Crippen LogP) is 2.58. The maximum absolute atomic E-state index is 13.3. The third kappa shape index (κ3) is 1.56. The lowest BCUT2D eigenvalue weighted by atomic mass is 10.0. The van der Waals surface area contributed by atoms with Gasteiger partial charge in [0.05, 0.1) is 18.7 Å². The molecule has 0 unspecified atom stereocenters. The first-order valence-corrected chi connectivity index (χ1v) is 4.41. The van der Waals surface area contributed by atoms with Crippen molar-refractivity contribution in [3.63, 3.8) is 0 Å². The van der Waals surface area contributed by atoms with E-state index in [1.54, 1.807) is 6.92 Å². The van der Waals surface area contributed by atoms with Gasteiger partial charge in [-0.3, -0.25) is 0 Å². The number of methoxy groups -OCH3 is 1. The minimum atomic E-state index is -0.393. The summed E-state index contributed by atoms with van der Waals surface area (Å²) in [6, 6.07) is 3.23. The van der Waals surface area contributed by atoms with Crippen LogP contribution in [0.2, 0.25) is 0 Å². The zero-order valence-electron chi connectivity index (χ0n) is 8.52. The van der Waals surface area contributed by atoms with E-state index in [0.717, 1.165) is 5.56 Å². The van der Waals surface area contributed by atoms with Crippen molar-refractivity contribution in [1.29, 1.82) is 5.26 Å². The van der Waals surface area contributed by atoms with E-state index in [4.69, 9.17) is 10.00 Å². The first-order chi connectivity index (χ1) is 6.65. The van der Waals surface area contributed by atoms with Crippen molar-refractivity contribution >= 4 is 0 Å². The predicted molar refractivity (Wildman–Crippen MR) is 51.8 cm³/mol. The molecule has 0 radical (unpaired) electrons. The summed E-state index contributed by atoms with van der Waals surface area (Å²) in [5.74, 6) is 0.0969. The van der Waals surface area contributed by atoms with Crippen molar-refractivity contribution in [2.75, 3.05) is 7.11 Å². The van der Waals surface area contributed by atoms with Crippen molar-refractivity contribution in [3.05, 3.63) is 28.6 Å². The van der Waals surface area contributed by atoms with Crippen molar-refractivity contribution in [2.24, 2.45) is 0 Å². The van der Waals surface area contributed by atoms with Crippen molar-refractivity contribution in [3.8, 4) is 11.8 Å². The summed E-state index contributed by atoms with van der Waals surface area (Å²) in [7, 11) is 1.49. The molecule has 0 aliphatic carbocycles. The van der Waals surface area contributed by atoms with Crippen molar-refractivity contribution < 1.29 is 9.13 Å². The first kappa shape index (κ1) is 10.5. The van der Waals surface area contributed by atoms with E-state index < -0.39 is 5.82 Å². The molecular formula is C11H12FNO. The normalized spacial score (nSPS) is 9.64. The highest BCUT2D eigenvalue weighted by molar-refractivity contribution is 5.51. The zero-order valence-corrected chi connectivity index (χ0v) is 8.52. The number of ether oxygens (including phenoxy) is 1. The molecule has 0 atom stereocenters. The lowest BCUT2D eigenvalue weighted by molar-refractivity contribution is 0.402. The molecule has 0 aliphatic rings. The molecule has 0 amide bonds. The highest BCUT2D eigenvalue weighted by Gasteiger charge is 2.14. The Morgan fingerprint density at radius 3 is 2.64 bits per heavy atom. The molecule has 1 aromatic rings. The molecule has 74 valence electrons. The maximum atomic E-state index is 13.3. The Kier molecular flexibility index (Phi) is 3.08. The molecule has 1 rings (SSSR count). The van der Waals surface area contributed by atoms with Gasteiger partial charge in [0.15, 0.2) is 0 Å². The van der Waals surface area contributed by atoms with Crippen LogP contribution in [0.3, 0.4) is 0 Å². The summed E-state index contributed by atoms with van der Waals surface area (Å²) in [6.07, 6.45) is 0.660. The largest absolute Gasteiger partial charge is 0.496 e. The van der Waals surface area contributed by atoms with Gasteiger partial charge in [0.25, 0.3) is 0 Å². The first-order valence-electron chi connectivity index (χ1n) is 4.41. The van der Waals surface area contributed by atoms with Crippen LogP contribution in [0.1, 0.15) is 23.6 Å². The Balaban J connectivity index is 3.52. The second-order valence-electron chi connectivity index (χ2n) is 3.01. The third-order valence-electron chi connectivity index (χ3n) is 2.25. The molecule has 3 heteroatoms. The number of benzene rings is 1. The Labute approximate surface area is 82.9 Å². The average Bonchev–Trinajstić information content (AvgIpc) is 2.20. The molecule has 0 aliphatic heterocycles. The molecule has 0 heterocycles. The molecule has 0 fully saturated rings. The minimum Gasteiger partial charge on any atom is -0.496 e. The number of nitriles is 1. The van der Waals surface area contributed by atoms with Crippen LogP contribution >= 0.6 is 0 Å². The Morgan fingerprint density at radius 1 is 1.57 bits per heavy atom. The summed E-state index contributed by atoms with van der Waals surface area (Å²) in [6.45, 7) is 3.56. The summed E-state index contributed by atoms with van der Waals surface area (Å²) in [4.78, 5) is 0. The zero-order chi connectivity index (χ0) is 10.7. The van der Waals surface area contributed by atoms with Gasteiger partial charge in [0.1, 0.15) is 11.6 Å². The van der Waals surface area contributed by atoms with Crippen LogP contribution < -0.4 is 4.74 Å². The van der Waals surface area contributed by atoms with Gasteiger partial charge in [-0.05, 0) is 19.4 Å². The smallest absolute Gasteiger partial charge is 0.131 e. The van der Waals surface area contributed by atoms with Crippen LogP contribution in [0, 0.1) is 24.1 Å². The van der Waals surface area contributed by atoms with Gasteiger partial charge in [-0.2, -0.15) is 5.26 Å². The second kappa shape index (κ2) is 4.10. The fourth-order valence-electron chi connectivity index (χ4n) is 1.51. The Morgan fingerprint density at radius 2 is 2.21 bits per heavy atom. The van der Waals surface area contributed by atoms with Gasteiger partial charge in [-0.1, -0.05) is 6.92 Å². The maximum Gasteiger partial charge on any atom is 0.131 e. The molecule has 0 spiro atoms. The molecule has 0 N–H and O–H groups in total. The topological polar surface area (TPSA) is 33.0 Å². The number of hydrogen-bond donors (Lipinski definition) is 0. The summed E-state index contributed by atoms with van der Waals surface area (Å²) in [5.41, 5.74) is 1.59. The van der Waals surface area contributed by atoms with Gasteiger partial charge in [-0.25, -0.2) is 4.39 Å². The lowest BCUT2D eigenvalue weighted by Crippen LogP contribution is -2.00. The monoisotopic (exact) mass is 193 g/mol. The summed E-state index contributed by atoms with van der Waals surface area (Å²) < 4.78 is 18.4. The van der Waals surface area contributed by atoms with Crippen LogP contribution in [0.5, 0.6) is 5.75 Å². The third-order valence-corrected chi connectivity index (χ3v) is 2.25. The van der Waals surface area contributed by atoms with Gasteiger partial charge < -0.3 is 4.74 Å². The van der Waals surface area contributed by atoms with Gasteiger partial charge in [-0.15, -0.1) is 0 Å². The molecule has 0 aromatic heterocycles. The number of rotatable bonds is 2. The fourth-order valence-corrected chi connectivity index (χ4v) is 1.51. The SMILES string of the molecule is CCc1c(C#N)cc(F)c(C)c1OC. The standard InChI is InChI=1S/C11H12FNO/c1-4-9-8(6-13)5-10(12)7(2)11(9)14-3/h5H,4H2,1-3H3. The van der Waals surface area contributed by atoms with E-state index in [0.29, 0.717) is 23.3 Å². The van der Waals surface area contributed by atoms with Gasteiger partial charge >= 0.3 is 0 Å². The molecular weight excluding hydrogens is 181 g/mol. The number of hydrogen-bond acceptors (Lipinski definition) is 2. The summed E-state index contributed by atoms with van der Waals surface area (Å²) in [5, 5.41) is 8.81. The summed E-state index contributed by atoms with van der Waals surface area (Å²) >= 11 is 0. The Hall–Kier alpha value is -1.56. The van der Waals surface area contributed by atoms with E-state index in [-0.39, 0.29) is 0 Å². The van der Waals surface area contributed by atoms with Crippen LogP contribution in [0.25, 0.3) is 0 Å². The molecule has 1 aromatic carbocycles. The van der Waals surface area contributed by atoms with E-state index in [1.165, 1.54) is 13.2 Å². The van der Waals surface area contributed by atoms with Crippen molar-refractivity contribution in [1.82, 2.24) is 0 Å². The van der Waals surface area contributed by atoms with E-state index in [2.05, 4.69) is 0 Å². The fraction of sp³-hybridized carbons (Fsp3) is 0.364.